The molecule has 0 radical (unpaired) electrons. The van der Waals surface area contributed by atoms with Crippen LogP contribution in [0.2, 0.25) is 0 Å². The number of hydrogen-bond donors (Lipinski definition) is 0. The molecule has 5 aliphatic rings. The van der Waals surface area contributed by atoms with Gasteiger partial charge in [-0.25, -0.2) is 0 Å². The van der Waals surface area contributed by atoms with Gasteiger partial charge < -0.3 is 23.4 Å². The van der Waals surface area contributed by atoms with E-state index in [0.29, 0.717) is 11.8 Å². The first-order valence-corrected chi connectivity index (χ1v) is 10.2. The van der Waals surface area contributed by atoms with Gasteiger partial charge in [0.2, 0.25) is 0 Å². The van der Waals surface area contributed by atoms with Gasteiger partial charge in [-0.3, -0.25) is 4.79 Å². The molecule has 6 heteroatoms. The molecule has 2 spiro atoms. The Kier molecular flexibility index (Phi) is 3.29. The van der Waals surface area contributed by atoms with Crippen LogP contribution in [0.15, 0.2) is 23.0 Å². The third-order valence-corrected chi connectivity index (χ3v) is 8.54. The smallest absolute Gasteiger partial charge is 0.312 e. The van der Waals surface area contributed by atoms with Crippen molar-refractivity contribution in [3.8, 4) is 0 Å². The van der Waals surface area contributed by atoms with Gasteiger partial charge in [-0.1, -0.05) is 6.92 Å². The predicted octanol–water partition coefficient (Wildman–Crippen LogP) is 3.42. The Hall–Kier alpha value is -1.37. The lowest BCUT2D eigenvalue weighted by molar-refractivity contribution is -0.355. The molecule has 4 heterocycles. The number of methoxy groups -OCH3 is 1. The summed E-state index contributed by atoms with van der Waals surface area (Å²) in [4.78, 5) is 12.8. The normalized spacial score (nSPS) is 52.4. The summed E-state index contributed by atoms with van der Waals surface area (Å²) >= 11 is 0. The van der Waals surface area contributed by atoms with Gasteiger partial charge in [0.25, 0.3) is 0 Å². The Morgan fingerprint density at radius 1 is 1.15 bits per heavy atom. The van der Waals surface area contributed by atoms with Crippen LogP contribution < -0.4 is 0 Å². The van der Waals surface area contributed by atoms with Crippen LogP contribution in [0.3, 0.4) is 0 Å². The van der Waals surface area contributed by atoms with Crippen LogP contribution >= 0.6 is 0 Å². The summed E-state index contributed by atoms with van der Waals surface area (Å²) in [5, 5.41) is 0. The van der Waals surface area contributed by atoms with Gasteiger partial charge in [0, 0.05) is 16.4 Å². The van der Waals surface area contributed by atoms with Crippen LogP contribution in [0, 0.1) is 28.6 Å². The van der Waals surface area contributed by atoms with Gasteiger partial charge in [-0.2, -0.15) is 0 Å². The molecule has 2 aliphatic carbocycles. The molecule has 1 aromatic rings. The molecule has 2 saturated carbocycles. The van der Waals surface area contributed by atoms with E-state index >= 15 is 0 Å². The molecular formula is C21H26O6. The van der Waals surface area contributed by atoms with E-state index in [4.69, 9.17) is 23.4 Å². The zero-order valence-corrected chi connectivity index (χ0v) is 15.8. The largest absolute Gasteiger partial charge is 0.472 e. The summed E-state index contributed by atoms with van der Waals surface area (Å²) < 4.78 is 29.8. The first-order chi connectivity index (χ1) is 13.1. The van der Waals surface area contributed by atoms with Crippen molar-refractivity contribution in [2.45, 2.75) is 63.8 Å². The fourth-order valence-corrected chi connectivity index (χ4v) is 7.43. The van der Waals surface area contributed by atoms with Crippen molar-refractivity contribution in [1.29, 1.82) is 0 Å². The molecule has 3 aliphatic heterocycles. The minimum Gasteiger partial charge on any atom is -0.472 e. The quantitative estimate of drug-likeness (QED) is 0.739. The second kappa shape index (κ2) is 5.37. The molecule has 146 valence electrons. The van der Waals surface area contributed by atoms with Crippen LogP contribution in [0.1, 0.15) is 50.7 Å². The number of carbonyl (C=O) groups excluding carboxylic acids is 1. The first kappa shape index (κ1) is 16.6. The molecule has 0 N–H and O–H groups in total. The van der Waals surface area contributed by atoms with Crippen molar-refractivity contribution in [2.75, 3.05) is 7.11 Å². The third-order valence-electron chi connectivity index (χ3n) is 8.54. The highest BCUT2D eigenvalue weighted by Gasteiger charge is 2.78. The fourth-order valence-electron chi connectivity index (χ4n) is 7.43. The maximum absolute atomic E-state index is 12.8. The van der Waals surface area contributed by atoms with Crippen molar-refractivity contribution in [3.63, 3.8) is 0 Å². The van der Waals surface area contributed by atoms with Crippen LogP contribution in [0.25, 0.3) is 0 Å². The summed E-state index contributed by atoms with van der Waals surface area (Å²) in [5.41, 5.74) is 0.716. The predicted molar refractivity (Wildman–Crippen MR) is 92.2 cm³/mol. The van der Waals surface area contributed by atoms with E-state index in [0.717, 1.165) is 37.7 Å². The second-order valence-corrected chi connectivity index (χ2v) is 9.16. The summed E-state index contributed by atoms with van der Waals surface area (Å²) in [6.07, 6.45) is 7.60. The van der Waals surface area contributed by atoms with Crippen molar-refractivity contribution < 1.29 is 28.2 Å². The Bertz CT molecular complexity index is 761. The highest BCUT2D eigenvalue weighted by molar-refractivity contribution is 5.75. The van der Waals surface area contributed by atoms with Gasteiger partial charge in [-0.05, 0) is 50.0 Å². The molecule has 3 saturated heterocycles. The standard InChI is InChI=1S/C21H26O6/c1-11-5-7-20-15-4-3-13(16(20)17(22)23-2)25-18(20)27-19-21(11,15)9-14(26-19)12-6-8-24-10-12/h6,8,10-11,13-16,18-19H,3-5,7,9H2,1-2H3/t11-,13-,14+,15+,16-,18+,19-,20+,21-/m1/s1. The van der Waals surface area contributed by atoms with E-state index in [2.05, 4.69) is 6.92 Å². The molecule has 6 rings (SSSR count). The highest BCUT2D eigenvalue weighted by atomic mass is 16.8. The van der Waals surface area contributed by atoms with Crippen molar-refractivity contribution in [1.82, 2.24) is 0 Å². The van der Waals surface area contributed by atoms with Gasteiger partial charge >= 0.3 is 5.97 Å². The van der Waals surface area contributed by atoms with E-state index in [1.165, 1.54) is 7.11 Å². The number of fused-ring (bicyclic) bond motifs is 1. The lowest BCUT2D eigenvalue weighted by Gasteiger charge is -2.63. The van der Waals surface area contributed by atoms with Crippen molar-refractivity contribution in [3.05, 3.63) is 24.2 Å². The Morgan fingerprint density at radius 2 is 2.00 bits per heavy atom. The number of furan rings is 1. The molecule has 0 aromatic carbocycles. The summed E-state index contributed by atoms with van der Waals surface area (Å²) in [6.45, 7) is 2.33. The molecule has 3 bridgehead atoms. The summed E-state index contributed by atoms with van der Waals surface area (Å²) in [7, 11) is 1.49. The van der Waals surface area contributed by atoms with Gasteiger partial charge in [0.05, 0.1) is 37.8 Å². The zero-order valence-electron chi connectivity index (χ0n) is 15.8. The van der Waals surface area contributed by atoms with Crippen LogP contribution in [-0.4, -0.2) is 31.8 Å². The molecule has 27 heavy (non-hydrogen) atoms. The average molecular weight is 374 g/mol. The molecule has 9 atom stereocenters. The highest BCUT2D eigenvalue weighted by Crippen LogP contribution is 2.75. The van der Waals surface area contributed by atoms with E-state index in [1.54, 1.807) is 12.5 Å². The van der Waals surface area contributed by atoms with Gasteiger partial charge in [0.15, 0.2) is 12.6 Å². The van der Waals surface area contributed by atoms with Gasteiger partial charge in [-0.15, -0.1) is 0 Å². The maximum atomic E-state index is 12.8. The summed E-state index contributed by atoms with van der Waals surface area (Å²) in [6, 6.07) is 1.98. The van der Waals surface area contributed by atoms with Crippen LogP contribution in [0.5, 0.6) is 0 Å². The number of ether oxygens (including phenoxy) is 4. The molecule has 6 nitrogen and oxygen atoms in total. The number of rotatable bonds is 2. The first-order valence-electron chi connectivity index (χ1n) is 10.2. The van der Waals surface area contributed by atoms with E-state index < -0.39 is 0 Å². The molecular weight excluding hydrogens is 348 g/mol. The van der Waals surface area contributed by atoms with Crippen molar-refractivity contribution >= 4 is 5.97 Å². The number of carbonyl (C=O) groups is 1. The molecule has 5 fully saturated rings. The van der Waals surface area contributed by atoms with E-state index in [1.807, 2.05) is 6.07 Å². The minimum absolute atomic E-state index is 0.0283. The maximum Gasteiger partial charge on any atom is 0.312 e. The lowest BCUT2D eigenvalue weighted by atomic mass is 9.42. The Labute approximate surface area is 158 Å². The van der Waals surface area contributed by atoms with E-state index in [-0.39, 0.29) is 47.5 Å². The molecule has 1 aromatic heterocycles. The third kappa shape index (κ3) is 1.80. The zero-order chi connectivity index (χ0) is 18.4. The monoisotopic (exact) mass is 374 g/mol. The Balaban J connectivity index is 1.47. The summed E-state index contributed by atoms with van der Waals surface area (Å²) in [5.74, 6) is 0.484. The molecule has 0 unspecified atom stereocenters. The van der Waals surface area contributed by atoms with Crippen molar-refractivity contribution in [2.24, 2.45) is 28.6 Å². The Morgan fingerprint density at radius 3 is 2.78 bits per heavy atom. The molecule has 0 amide bonds. The van der Waals surface area contributed by atoms with E-state index in [9.17, 15) is 4.79 Å². The van der Waals surface area contributed by atoms with Crippen LogP contribution in [-0.2, 0) is 23.7 Å². The lowest BCUT2D eigenvalue weighted by Crippen LogP contribution is -2.66. The average Bonchev–Trinajstić information content (AvgIpc) is 3.36. The number of hydrogen-bond acceptors (Lipinski definition) is 6. The number of esters is 1. The topological polar surface area (TPSA) is 67.1 Å². The van der Waals surface area contributed by atoms with Gasteiger partial charge in [0.1, 0.15) is 0 Å². The SMILES string of the molecule is COC(=O)[C@H]1[C@H]2CC[C@@H]3[C@]45C[C@@H](c6ccoc6)O[C@@H]4O[C@H](O2)[C@@]31CC[C@H]5C. The minimum atomic E-state index is -0.368. The fraction of sp³-hybridized carbons (Fsp3) is 0.762. The van der Waals surface area contributed by atoms with Crippen LogP contribution in [0.4, 0.5) is 0 Å². The second-order valence-electron chi connectivity index (χ2n) is 9.16.